The van der Waals surface area contributed by atoms with Crippen molar-refractivity contribution in [3.05, 3.63) is 23.2 Å². The van der Waals surface area contributed by atoms with Crippen LogP contribution in [0.5, 0.6) is 5.75 Å². The van der Waals surface area contributed by atoms with Crippen molar-refractivity contribution in [1.29, 1.82) is 0 Å². The Balaban J connectivity index is 2.99. The van der Waals surface area contributed by atoms with Crippen LogP contribution in [0.25, 0.3) is 0 Å². The maximum atomic E-state index is 11.1. The van der Waals surface area contributed by atoms with Gasteiger partial charge in [0.2, 0.25) is 0 Å². The fourth-order valence-electron chi connectivity index (χ4n) is 1.67. The molecule has 0 saturated carbocycles. The monoisotopic (exact) mass is 257 g/mol. The number of hydrogen-bond acceptors (Lipinski definition) is 3. The highest BCUT2D eigenvalue weighted by Gasteiger charge is 2.21. The summed E-state index contributed by atoms with van der Waals surface area (Å²) >= 11 is 6.00. The largest absolute Gasteiger partial charge is 0.495 e. The van der Waals surface area contributed by atoms with Gasteiger partial charge in [-0.1, -0.05) is 18.5 Å². The normalized spacial score (nSPS) is 12.0. The highest BCUT2D eigenvalue weighted by molar-refractivity contribution is 6.32. The van der Waals surface area contributed by atoms with Gasteiger partial charge in [0.25, 0.3) is 0 Å². The van der Waals surface area contributed by atoms with Gasteiger partial charge in [0.1, 0.15) is 11.8 Å². The van der Waals surface area contributed by atoms with E-state index in [0.717, 1.165) is 5.69 Å². The number of hydrogen-bond donors (Lipinski definition) is 1. The minimum atomic E-state index is -0.845. The van der Waals surface area contributed by atoms with Crippen LogP contribution in [0, 0.1) is 0 Å². The Hall–Kier alpha value is -1.42. The van der Waals surface area contributed by atoms with Crippen molar-refractivity contribution in [2.45, 2.75) is 19.4 Å². The van der Waals surface area contributed by atoms with Crippen molar-refractivity contribution < 1.29 is 14.6 Å². The number of anilines is 1. The van der Waals surface area contributed by atoms with Crippen LogP contribution >= 0.6 is 11.6 Å². The number of likely N-dealkylation sites (N-methyl/N-ethyl adjacent to an activating group) is 1. The number of rotatable bonds is 5. The van der Waals surface area contributed by atoms with E-state index in [0.29, 0.717) is 17.2 Å². The van der Waals surface area contributed by atoms with E-state index < -0.39 is 12.0 Å². The molecule has 0 bridgehead atoms. The Bertz CT molecular complexity index is 409. The van der Waals surface area contributed by atoms with E-state index in [4.69, 9.17) is 21.4 Å². The molecule has 0 aliphatic carbocycles. The maximum absolute atomic E-state index is 11.1. The third kappa shape index (κ3) is 3.03. The Labute approximate surface area is 106 Å². The Morgan fingerprint density at radius 3 is 2.65 bits per heavy atom. The molecule has 0 radical (unpaired) electrons. The number of carbonyl (C=O) groups is 1. The number of halogens is 1. The third-order valence-corrected chi connectivity index (χ3v) is 2.98. The van der Waals surface area contributed by atoms with Crippen LogP contribution in [0.2, 0.25) is 5.02 Å². The summed E-state index contributed by atoms with van der Waals surface area (Å²) in [5, 5.41) is 9.55. The average molecular weight is 258 g/mol. The van der Waals surface area contributed by atoms with Crippen molar-refractivity contribution in [3.8, 4) is 5.75 Å². The molecule has 0 fully saturated rings. The first-order valence-corrected chi connectivity index (χ1v) is 5.68. The number of carboxylic acids is 1. The van der Waals surface area contributed by atoms with Gasteiger partial charge in [-0.3, -0.25) is 0 Å². The molecule has 0 saturated heterocycles. The lowest BCUT2D eigenvalue weighted by Crippen LogP contribution is -2.37. The highest BCUT2D eigenvalue weighted by atomic mass is 35.5. The van der Waals surface area contributed by atoms with E-state index in [-0.39, 0.29) is 0 Å². The molecule has 1 rings (SSSR count). The van der Waals surface area contributed by atoms with Crippen LogP contribution in [-0.2, 0) is 4.79 Å². The topological polar surface area (TPSA) is 49.8 Å². The lowest BCUT2D eigenvalue weighted by molar-refractivity contribution is -0.138. The quantitative estimate of drug-likeness (QED) is 0.881. The maximum Gasteiger partial charge on any atom is 0.326 e. The SMILES string of the molecule is CC[C@@H](C(=O)O)N(C)c1ccc(OC)c(Cl)c1. The van der Waals surface area contributed by atoms with Crippen LogP contribution in [0.4, 0.5) is 5.69 Å². The molecule has 1 aromatic rings. The van der Waals surface area contributed by atoms with Crippen LogP contribution in [0.1, 0.15) is 13.3 Å². The van der Waals surface area contributed by atoms with E-state index in [9.17, 15) is 4.79 Å². The number of methoxy groups -OCH3 is 1. The average Bonchev–Trinajstić information content (AvgIpc) is 2.29. The van der Waals surface area contributed by atoms with Gasteiger partial charge < -0.3 is 14.7 Å². The fraction of sp³-hybridized carbons (Fsp3) is 0.417. The second kappa shape index (κ2) is 5.77. The smallest absolute Gasteiger partial charge is 0.326 e. The predicted octanol–water partition coefficient (Wildman–Crippen LogP) is 2.65. The van der Waals surface area contributed by atoms with Gasteiger partial charge in [-0.05, 0) is 24.6 Å². The van der Waals surface area contributed by atoms with Crippen LogP contribution in [-0.4, -0.2) is 31.3 Å². The lowest BCUT2D eigenvalue weighted by atomic mass is 10.1. The lowest BCUT2D eigenvalue weighted by Gasteiger charge is -2.26. The van der Waals surface area contributed by atoms with Crippen molar-refractivity contribution in [3.63, 3.8) is 0 Å². The fourth-order valence-corrected chi connectivity index (χ4v) is 1.92. The minimum Gasteiger partial charge on any atom is -0.495 e. The molecule has 0 aromatic heterocycles. The van der Waals surface area contributed by atoms with Gasteiger partial charge in [-0.25, -0.2) is 4.79 Å². The first-order chi connectivity index (χ1) is 8.01. The molecule has 1 atom stereocenters. The molecule has 94 valence electrons. The first kappa shape index (κ1) is 13.6. The number of benzene rings is 1. The van der Waals surface area contributed by atoms with Gasteiger partial charge >= 0.3 is 5.97 Å². The van der Waals surface area contributed by atoms with Crippen LogP contribution < -0.4 is 9.64 Å². The summed E-state index contributed by atoms with van der Waals surface area (Å²) in [5.74, 6) is -0.269. The Morgan fingerprint density at radius 1 is 1.59 bits per heavy atom. The van der Waals surface area contributed by atoms with E-state index in [1.807, 2.05) is 6.92 Å². The zero-order valence-electron chi connectivity index (χ0n) is 10.1. The summed E-state index contributed by atoms with van der Waals surface area (Å²) in [4.78, 5) is 12.7. The molecule has 4 nitrogen and oxygen atoms in total. The van der Waals surface area contributed by atoms with Crippen LogP contribution in [0.3, 0.4) is 0 Å². The molecular formula is C12H16ClNO3. The molecule has 0 heterocycles. The van der Waals surface area contributed by atoms with Gasteiger partial charge in [-0.15, -0.1) is 0 Å². The van der Waals surface area contributed by atoms with E-state index in [1.165, 1.54) is 7.11 Å². The predicted molar refractivity (Wildman–Crippen MR) is 68.1 cm³/mol. The third-order valence-electron chi connectivity index (χ3n) is 2.68. The molecule has 5 heteroatoms. The number of nitrogens with zero attached hydrogens (tertiary/aromatic N) is 1. The molecular weight excluding hydrogens is 242 g/mol. The molecule has 1 N–H and O–H groups in total. The van der Waals surface area contributed by atoms with Gasteiger partial charge in [0.15, 0.2) is 0 Å². The van der Waals surface area contributed by atoms with Crippen molar-refractivity contribution in [2.24, 2.45) is 0 Å². The summed E-state index contributed by atoms with van der Waals surface area (Å²) in [6, 6.07) is 4.66. The molecule has 0 aliphatic rings. The van der Waals surface area contributed by atoms with Crippen LogP contribution in [0.15, 0.2) is 18.2 Å². The Morgan fingerprint density at radius 2 is 2.24 bits per heavy atom. The van der Waals surface area contributed by atoms with E-state index in [1.54, 1.807) is 30.1 Å². The van der Waals surface area contributed by atoms with Gasteiger partial charge in [0, 0.05) is 12.7 Å². The zero-order valence-corrected chi connectivity index (χ0v) is 10.9. The highest BCUT2D eigenvalue weighted by Crippen LogP contribution is 2.29. The molecule has 1 aromatic carbocycles. The Kier molecular flexibility index (Phi) is 4.63. The molecule has 0 unspecified atom stereocenters. The second-order valence-electron chi connectivity index (χ2n) is 3.69. The second-order valence-corrected chi connectivity index (χ2v) is 4.10. The molecule has 0 aliphatic heterocycles. The molecule has 0 spiro atoms. The van der Waals surface area contributed by atoms with E-state index in [2.05, 4.69) is 0 Å². The summed E-state index contributed by atoms with van der Waals surface area (Å²) in [6.45, 7) is 1.83. The zero-order chi connectivity index (χ0) is 13.0. The molecule has 0 amide bonds. The summed E-state index contributed by atoms with van der Waals surface area (Å²) < 4.78 is 5.05. The molecule has 17 heavy (non-hydrogen) atoms. The number of ether oxygens (including phenoxy) is 1. The number of carboxylic acid groups (broad SMARTS) is 1. The van der Waals surface area contributed by atoms with Gasteiger partial charge in [-0.2, -0.15) is 0 Å². The standard InChI is InChI=1S/C12H16ClNO3/c1-4-10(12(15)16)14(2)8-5-6-11(17-3)9(13)7-8/h5-7,10H,4H2,1-3H3,(H,15,16)/t10-/m0/s1. The van der Waals surface area contributed by atoms with Gasteiger partial charge in [0.05, 0.1) is 12.1 Å². The summed E-state index contributed by atoms with van der Waals surface area (Å²) in [6.07, 6.45) is 0.523. The first-order valence-electron chi connectivity index (χ1n) is 5.30. The summed E-state index contributed by atoms with van der Waals surface area (Å²) in [7, 11) is 3.27. The number of aliphatic carboxylic acids is 1. The van der Waals surface area contributed by atoms with Crippen molar-refractivity contribution in [1.82, 2.24) is 0 Å². The van der Waals surface area contributed by atoms with Crippen molar-refractivity contribution in [2.75, 3.05) is 19.1 Å². The minimum absolute atomic E-state index is 0.470. The van der Waals surface area contributed by atoms with E-state index >= 15 is 0 Å². The van der Waals surface area contributed by atoms with Crippen molar-refractivity contribution >= 4 is 23.3 Å². The summed E-state index contributed by atoms with van der Waals surface area (Å²) in [5.41, 5.74) is 0.755.